The topological polar surface area (TPSA) is 121 Å². The lowest BCUT2D eigenvalue weighted by Crippen LogP contribution is -2.46. The number of amidine groups is 2. The third kappa shape index (κ3) is 3.79. The highest BCUT2D eigenvalue weighted by molar-refractivity contribution is 7.18. The molecule has 0 aliphatic rings. The maximum Gasteiger partial charge on any atom is 0.270 e. The van der Waals surface area contributed by atoms with Crippen molar-refractivity contribution in [3.63, 3.8) is 0 Å². The molecule has 0 aliphatic heterocycles. The van der Waals surface area contributed by atoms with E-state index >= 15 is 0 Å². The van der Waals surface area contributed by atoms with E-state index in [9.17, 15) is 0 Å². The van der Waals surface area contributed by atoms with Crippen LogP contribution in [0.1, 0.15) is 11.1 Å². The predicted octanol–water partition coefficient (Wildman–Crippen LogP) is 1.56. The van der Waals surface area contributed by atoms with E-state index in [1.165, 1.54) is 0 Å². The fraction of sp³-hybridized carbons (Fsp3) is 0.0385. The van der Waals surface area contributed by atoms with Gasteiger partial charge in [-0.1, -0.05) is 30.3 Å². The number of imidazole rings is 1. The standard InChI is InChI=1S/C26H22N6S/c1-32-21-11-10-19(15-2-6-17(7-3-15)24(27)28)14-20(21)31-26(32)23-13-12-22(33-23)16-4-8-18(9-5-16)25(29)30/h2-14H,1H3,(H3,27,28)(H3,29,30)/p+2. The molecule has 0 bridgehead atoms. The second-order valence-electron chi connectivity index (χ2n) is 7.93. The van der Waals surface area contributed by atoms with Gasteiger partial charge in [0.15, 0.2) is 5.82 Å². The molecule has 33 heavy (non-hydrogen) atoms. The molecule has 0 saturated carbocycles. The maximum absolute atomic E-state index is 5.68. The summed E-state index contributed by atoms with van der Waals surface area (Å²) in [5.41, 5.74) is 18.4. The first-order chi connectivity index (χ1) is 15.9. The van der Waals surface area contributed by atoms with Crippen molar-refractivity contribution >= 4 is 34.0 Å². The summed E-state index contributed by atoms with van der Waals surface area (Å²) in [6.45, 7) is 0. The lowest BCUT2D eigenvalue weighted by atomic mass is 10.0. The average molecular weight is 453 g/mol. The first kappa shape index (κ1) is 20.7. The summed E-state index contributed by atoms with van der Waals surface area (Å²) in [5.74, 6) is 1.58. The highest BCUT2D eigenvalue weighted by Gasteiger charge is 2.14. The van der Waals surface area contributed by atoms with Crippen molar-refractivity contribution in [2.24, 2.45) is 18.5 Å². The molecule has 5 aromatic rings. The monoisotopic (exact) mass is 452 g/mol. The minimum atomic E-state index is 0.319. The van der Waals surface area contributed by atoms with Crippen molar-refractivity contribution in [2.75, 3.05) is 0 Å². The molecule has 0 fully saturated rings. The van der Waals surface area contributed by atoms with Gasteiger partial charge in [0, 0.05) is 11.9 Å². The molecule has 162 valence electrons. The van der Waals surface area contributed by atoms with Gasteiger partial charge in [-0.3, -0.25) is 22.3 Å². The first-order valence-electron chi connectivity index (χ1n) is 10.4. The van der Waals surface area contributed by atoms with Gasteiger partial charge < -0.3 is 4.57 Å². The highest BCUT2D eigenvalue weighted by Crippen LogP contribution is 2.36. The highest BCUT2D eigenvalue weighted by atomic mass is 32.1. The van der Waals surface area contributed by atoms with Crippen molar-refractivity contribution in [2.45, 2.75) is 0 Å². The van der Waals surface area contributed by atoms with E-state index in [1.807, 2.05) is 55.6 Å². The SMILES string of the molecule is Cn1c(-c2ccc(-c3ccc(C(N)=[NH2+])cc3)s2)nc2cc(-c3ccc(C(N)=[NH2+])cc3)ccc21. The van der Waals surface area contributed by atoms with E-state index in [0.29, 0.717) is 11.7 Å². The molecule has 2 aromatic heterocycles. The van der Waals surface area contributed by atoms with Crippen LogP contribution in [0.4, 0.5) is 0 Å². The third-order valence-electron chi connectivity index (χ3n) is 5.76. The van der Waals surface area contributed by atoms with Crippen LogP contribution in [0.5, 0.6) is 0 Å². The van der Waals surface area contributed by atoms with E-state index in [4.69, 9.17) is 27.3 Å². The van der Waals surface area contributed by atoms with Crippen molar-refractivity contribution in [1.29, 1.82) is 0 Å². The summed E-state index contributed by atoms with van der Waals surface area (Å²) >= 11 is 1.71. The van der Waals surface area contributed by atoms with Gasteiger partial charge in [0.05, 0.1) is 27.0 Å². The number of aryl methyl sites for hydroxylation is 1. The van der Waals surface area contributed by atoms with Gasteiger partial charge >= 0.3 is 0 Å². The normalized spacial score (nSPS) is 11.1. The van der Waals surface area contributed by atoms with Gasteiger partial charge in [0.1, 0.15) is 0 Å². The average Bonchev–Trinajstić information content (AvgIpc) is 3.44. The zero-order chi connectivity index (χ0) is 23.1. The zero-order valence-electron chi connectivity index (χ0n) is 18.1. The van der Waals surface area contributed by atoms with Crippen LogP contribution in [0.15, 0.2) is 78.9 Å². The molecule has 7 heteroatoms. The Kier molecular flexibility index (Phi) is 5.03. The molecule has 2 heterocycles. The van der Waals surface area contributed by atoms with Crippen LogP contribution >= 0.6 is 11.3 Å². The minimum Gasteiger partial charge on any atom is -0.326 e. The fourth-order valence-corrected chi connectivity index (χ4v) is 4.93. The summed E-state index contributed by atoms with van der Waals surface area (Å²) in [5, 5.41) is 11.4. The van der Waals surface area contributed by atoms with Crippen LogP contribution < -0.4 is 22.3 Å². The summed E-state index contributed by atoms with van der Waals surface area (Å²) in [7, 11) is 2.05. The lowest BCUT2D eigenvalue weighted by Gasteiger charge is -2.03. The van der Waals surface area contributed by atoms with Crippen molar-refractivity contribution in [3.05, 3.63) is 90.0 Å². The number of hydrogen-bond acceptors (Lipinski definition) is 2. The molecule has 0 radical (unpaired) electrons. The van der Waals surface area contributed by atoms with Gasteiger partial charge in [-0.15, -0.1) is 11.3 Å². The quantitative estimate of drug-likeness (QED) is 0.239. The number of rotatable bonds is 5. The number of thiophene rings is 1. The molecule has 5 rings (SSSR count). The van der Waals surface area contributed by atoms with Crippen molar-refractivity contribution in [1.82, 2.24) is 9.55 Å². The number of nitrogens with two attached hydrogens (primary N) is 4. The molecular weight excluding hydrogens is 428 g/mol. The smallest absolute Gasteiger partial charge is 0.270 e. The maximum atomic E-state index is 5.68. The molecule has 0 amide bonds. The summed E-state index contributed by atoms with van der Waals surface area (Å²) in [6, 6.07) is 26.4. The Hall–Kier alpha value is -4.23. The number of benzene rings is 3. The molecule has 0 spiro atoms. The van der Waals surface area contributed by atoms with Gasteiger partial charge in [-0.05, 0) is 65.2 Å². The third-order valence-corrected chi connectivity index (χ3v) is 6.89. The molecule has 8 N–H and O–H groups in total. The van der Waals surface area contributed by atoms with Gasteiger partial charge in [0.2, 0.25) is 0 Å². The van der Waals surface area contributed by atoms with E-state index in [-0.39, 0.29) is 0 Å². The molecular formula is C26H24N6S+2. The summed E-state index contributed by atoms with van der Waals surface area (Å²) in [4.78, 5) is 7.22. The van der Waals surface area contributed by atoms with E-state index in [0.717, 1.165) is 54.4 Å². The Labute approximate surface area is 195 Å². The van der Waals surface area contributed by atoms with Crippen LogP contribution in [-0.2, 0) is 7.05 Å². The molecule has 0 atom stereocenters. The fourth-order valence-electron chi connectivity index (χ4n) is 3.90. The van der Waals surface area contributed by atoms with Gasteiger partial charge in [0.25, 0.3) is 11.7 Å². The van der Waals surface area contributed by atoms with Crippen molar-refractivity contribution in [3.8, 4) is 32.3 Å². The van der Waals surface area contributed by atoms with Gasteiger partial charge in [-0.25, -0.2) is 4.98 Å². The number of aromatic nitrogens is 2. The molecule has 0 aliphatic carbocycles. The number of nitrogens with zero attached hydrogens (tertiary/aromatic N) is 2. The van der Waals surface area contributed by atoms with Crippen LogP contribution in [0, 0.1) is 0 Å². The van der Waals surface area contributed by atoms with E-state index in [1.54, 1.807) is 11.3 Å². The minimum absolute atomic E-state index is 0.319. The summed E-state index contributed by atoms with van der Waals surface area (Å²) in [6.07, 6.45) is 0. The van der Waals surface area contributed by atoms with Crippen LogP contribution in [0.25, 0.3) is 43.3 Å². The van der Waals surface area contributed by atoms with E-state index < -0.39 is 0 Å². The van der Waals surface area contributed by atoms with Crippen molar-refractivity contribution < 1.29 is 10.8 Å². The Balaban J connectivity index is 1.48. The Bertz CT molecular complexity index is 1510. The second kappa shape index (κ2) is 8.03. The van der Waals surface area contributed by atoms with Gasteiger partial charge in [-0.2, -0.15) is 0 Å². The van der Waals surface area contributed by atoms with Crippen LogP contribution in [0.3, 0.4) is 0 Å². The Morgan fingerprint density at radius 1 is 0.727 bits per heavy atom. The molecule has 0 unspecified atom stereocenters. The van der Waals surface area contributed by atoms with Crippen LogP contribution in [-0.4, -0.2) is 21.2 Å². The van der Waals surface area contributed by atoms with Crippen LogP contribution in [0.2, 0.25) is 0 Å². The Morgan fingerprint density at radius 3 is 1.88 bits per heavy atom. The first-order valence-corrected chi connectivity index (χ1v) is 11.3. The number of fused-ring (bicyclic) bond motifs is 1. The lowest BCUT2D eigenvalue weighted by molar-refractivity contribution is -0.115. The Morgan fingerprint density at radius 2 is 1.27 bits per heavy atom. The van der Waals surface area contributed by atoms with E-state index in [2.05, 4.69) is 34.9 Å². The molecule has 3 aromatic carbocycles. The predicted molar refractivity (Wildman–Crippen MR) is 135 cm³/mol. The molecule has 0 saturated heterocycles. The second-order valence-corrected chi connectivity index (χ2v) is 9.01. The summed E-state index contributed by atoms with van der Waals surface area (Å²) < 4.78 is 2.13. The number of hydrogen-bond donors (Lipinski definition) is 4. The largest absolute Gasteiger partial charge is 0.326 e. The zero-order valence-corrected chi connectivity index (χ0v) is 18.9. The molecule has 6 nitrogen and oxygen atoms in total.